The lowest BCUT2D eigenvalue weighted by atomic mass is 10.2. The highest BCUT2D eigenvalue weighted by Crippen LogP contribution is 2.24. The summed E-state index contributed by atoms with van der Waals surface area (Å²) in [7, 11) is 0. The first-order valence-corrected chi connectivity index (χ1v) is 6.49. The number of carbonyl (C=O) groups is 2. The highest BCUT2D eigenvalue weighted by Gasteiger charge is 2.25. The first-order valence-electron chi connectivity index (χ1n) is 6.12. The third-order valence-corrected chi connectivity index (χ3v) is 3.28. The van der Waals surface area contributed by atoms with E-state index in [1.54, 1.807) is 6.07 Å². The molecule has 1 atom stereocenters. The maximum atomic E-state index is 12.1. The van der Waals surface area contributed by atoms with Crippen molar-refractivity contribution in [1.82, 2.24) is 4.90 Å². The van der Waals surface area contributed by atoms with E-state index in [2.05, 4.69) is 5.32 Å². The van der Waals surface area contributed by atoms with Crippen LogP contribution in [0, 0.1) is 11.3 Å². The van der Waals surface area contributed by atoms with E-state index in [1.807, 2.05) is 6.07 Å². The van der Waals surface area contributed by atoms with Crippen LogP contribution in [-0.2, 0) is 4.74 Å². The van der Waals surface area contributed by atoms with Gasteiger partial charge in [-0.3, -0.25) is 0 Å². The predicted molar refractivity (Wildman–Crippen MR) is 74.4 cm³/mol. The van der Waals surface area contributed by atoms with Crippen molar-refractivity contribution < 1.29 is 19.4 Å². The van der Waals surface area contributed by atoms with Gasteiger partial charge in [-0.2, -0.15) is 5.26 Å². The van der Waals surface area contributed by atoms with E-state index in [0.29, 0.717) is 6.54 Å². The Morgan fingerprint density at radius 1 is 1.52 bits per heavy atom. The average molecular weight is 310 g/mol. The number of nitrogens with zero attached hydrogens (tertiary/aromatic N) is 2. The zero-order chi connectivity index (χ0) is 15.4. The number of carboxylic acids is 1. The number of nitriles is 1. The van der Waals surface area contributed by atoms with Crippen LogP contribution in [0.2, 0.25) is 5.02 Å². The van der Waals surface area contributed by atoms with Gasteiger partial charge >= 0.3 is 12.0 Å². The maximum Gasteiger partial charge on any atom is 0.339 e. The smallest absolute Gasteiger partial charge is 0.339 e. The van der Waals surface area contributed by atoms with Gasteiger partial charge in [0, 0.05) is 6.54 Å². The molecule has 2 N–H and O–H groups in total. The number of hydrogen-bond acceptors (Lipinski definition) is 4. The van der Waals surface area contributed by atoms with Crippen LogP contribution in [0.15, 0.2) is 18.2 Å². The summed E-state index contributed by atoms with van der Waals surface area (Å²) in [4.78, 5) is 24.7. The van der Waals surface area contributed by atoms with E-state index in [0.717, 1.165) is 0 Å². The SMILES string of the molecule is N#CC1CN(C(=O)Nc2cccc(Cl)c2C(=O)O)CCO1. The van der Waals surface area contributed by atoms with Crippen LogP contribution >= 0.6 is 11.6 Å². The fraction of sp³-hybridized carbons (Fsp3) is 0.308. The van der Waals surface area contributed by atoms with Crippen molar-refractivity contribution in [3.05, 3.63) is 28.8 Å². The Kier molecular flexibility index (Phi) is 4.62. The van der Waals surface area contributed by atoms with Crippen molar-refractivity contribution in [3.8, 4) is 6.07 Å². The molecule has 110 valence electrons. The first kappa shape index (κ1) is 15.1. The number of carbonyl (C=O) groups excluding carboxylic acids is 1. The number of anilines is 1. The van der Waals surface area contributed by atoms with Crippen molar-refractivity contribution >= 4 is 29.3 Å². The van der Waals surface area contributed by atoms with Crippen LogP contribution in [0.1, 0.15) is 10.4 Å². The summed E-state index contributed by atoms with van der Waals surface area (Å²) in [5.74, 6) is -1.23. The van der Waals surface area contributed by atoms with Gasteiger partial charge in [-0.05, 0) is 12.1 Å². The van der Waals surface area contributed by atoms with Gasteiger partial charge < -0.3 is 20.1 Å². The minimum Gasteiger partial charge on any atom is -0.478 e. The number of rotatable bonds is 2. The number of amides is 2. The number of morpholine rings is 1. The van der Waals surface area contributed by atoms with Gasteiger partial charge in [-0.25, -0.2) is 9.59 Å². The number of aromatic carboxylic acids is 1. The van der Waals surface area contributed by atoms with Crippen LogP contribution in [0.3, 0.4) is 0 Å². The molecule has 2 amide bonds. The average Bonchev–Trinajstić information content (AvgIpc) is 2.47. The van der Waals surface area contributed by atoms with Crippen molar-refractivity contribution in [3.63, 3.8) is 0 Å². The molecule has 0 spiro atoms. The molecule has 2 rings (SSSR count). The molecular formula is C13H12ClN3O4. The Morgan fingerprint density at radius 2 is 2.29 bits per heavy atom. The Morgan fingerprint density at radius 3 is 2.95 bits per heavy atom. The molecule has 8 heteroatoms. The van der Waals surface area contributed by atoms with Crippen LogP contribution in [0.5, 0.6) is 0 Å². The van der Waals surface area contributed by atoms with Crippen molar-refractivity contribution in [2.75, 3.05) is 25.0 Å². The zero-order valence-electron chi connectivity index (χ0n) is 10.9. The Bertz CT molecular complexity index is 614. The fourth-order valence-electron chi connectivity index (χ4n) is 1.95. The van der Waals surface area contributed by atoms with Crippen molar-refractivity contribution in [2.45, 2.75) is 6.10 Å². The van der Waals surface area contributed by atoms with Gasteiger partial charge in [0.2, 0.25) is 0 Å². The normalized spacial score (nSPS) is 17.9. The van der Waals surface area contributed by atoms with Gasteiger partial charge in [0.25, 0.3) is 0 Å². The molecule has 1 aliphatic rings. The molecular weight excluding hydrogens is 298 g/mol. The minimum atomic E-state index is -1.23. The Labute approximate surface area is 125 Å². The van der Waals surface area contributed by atoms with Gasteiger partial charge in [0.1, 0.15) is 5.56 Å². The zero-order valence-corrected chi connectivity index (χ0v) is 11.6. The third-order valence-electron chi connectivity index (χ3n) is 2.97. The second kappa shape index (κ2) is 6.43. The van der Waals surface area contributed by atoms with E-state index in [1.165, 1.54) is 17.0 Å². The van der Waals surface area contributed by atoms with Crippen LogP contribution in [0.4, 0.5) is 10.5 Å². The summed E-state index contributed by atoms with van der Waals surface area (Å²) in [6, 6.07) is 5.86. The third kappa shape index (κ3) is 3.42. The standard InChI is InChI=1S/C13H12ClN3O4/c14-9-2-1-3-10(11(9)12(18)19)16-13(20)17-4-5-21-8(6-15)7-17/h1-3,8H,4-5,7H2,(H,16,20)(H,18,19). The number of nitrogens with one attached hydrogen (secondary N) is 1. The molecule has 1 fully saturated rings. The number of ether oxygens (including phenoxy) is 1. The number of benzene rings is 1. The molecule has 1 unspecified atom stereocenters. The summed E-state index contributed by atoms with van der Waals surface area (Å²) in [6.07, 6.45) is -0.678. The topological polar surface area (TPSA) is 103 Å². The summed E-state index contributed by atoms with van der Waals surface area (Å²) in [6.45, 7) is 0.714. The maximum absolute atomic E-state index is 12.1. The van der Waals surface area contributed by atoms with Crippen LogP contribution in [0.25, 0.3) is 0 Å². The number of carboxylic acid groups (broad SMARTS) is 1. The van der Waals surface area contributed by atoms with E-state index in [4.69, 9.17) is 26.7 Å². The summed E-state index contributed by atoms with van der Waals surface area (Å²) >= 11 is 5.83. The lowest BCUT2D eigenvalue weighted by Crippen LogP contribution is -2.47. The molecule has 1 aromatic carbocycles. The number of hydrogen-bond donors (Lipinski definition) is 2. The van der Waals surface area contributed by atoms with Crippen LogP contribution < -0.4 is 5.32 Å². The predicted octanol–water partition coefficient (Wildman–Crippen LogP) is 1.79. The van der Waals surface area contributed by atoms with E-state index in [-0.39, 0.29) is 29.4 Å². The van der Waals surface area contributed by atoms with Gasteiger partial charge in [-0.1, -0.05) is 17.7 Å². The van der Waals surface area contributed by atoms with Gasteiger partial charge in [-0.15, -0.1) is 0 Å². The Hall–Kier alpha value is -2.30. The second-order valence-electron chi connectivity index (χ2n) is 4.33. The number of halogens is 1. The lowest BCUT2D eigenvalue weighted by molar-refractivity contribution is 0.0181. The lowest BCUT2D eigenvalue weighted by Gasteiger charge is -2.30. The van der Waals surface area contributed by atoms with Gasteiger partial charge in [0.05, 0.1) is 29.9 Å². The summed E-state index contributed by atoms with van der Waals surface area (Å²) in [5.41, 5.74) is -0.0578. The van der Waals surface area contributed by atoms with E-state index >= 15 is 0 Å². The molecule has 1 aromatic rings. The Balaban J connectivity index is 2.15. The highest BCUT2D eigenvalue weighted by molar-refractivity contribution is 6.34. The highest BCUT2D eigenvalue weighted by atomic mass is 35.5. The minimum absolute atomic E-state index is 0.0391. The summed E-state index contributed by atoms with van der Waals surface area (Å²) < 4.78 is 5.14. The second-order valence-corrected chi connectivity index (χ2v) is 4.74. The molecule has 0 bridgehead atoms. The van der Waals surface area contributed by atoms with Gasteiger partial charge in [0.15, 0.2) is 6.10 Å². The van der Waals surface area contributed by atoms with Crippen molar-refractivity contribution in [2.24, 2.45) is 0 Å². The molecule has 0 aliphatic carbocycles. The van der Waals surface area contributed by atoms with E-state index < -0.39 is 18.1 Å². The molecule has 1 aliphatic heterocycles. The quantitative estimate of drug-likeness (QED) is 0.867. The molecule has 0 saturated carbocycles. The first-order chi connectivity index (χ1) is 10.0. The molecule has 7 nitrogen and oxygen atoms in total. The molecule has 0 aromatic heterocycles. The van der Waals surface area contributed by atoms with E-state index in [9.17, 15) is 9.59 Å². The molecule has 0 radical (unpaired) electrons. The molecule has 21 heavy (non-hydrogen) atoms. The number of urea groups is 1. The molecule has 1 heterocycles. The largest absolute Gasteiger partial charge is 0.478 e. The van der Waals surface area contributed by atoms with Crippen LogP contribution in [-0.4, -0.2) is 47.8 Å². The fourth-order valence-corrected chi connectivity index (χ4v) is 2.21. The van der Waals surface area contributed by atoms with Crippen molar-refractivity contribution in [1.29, 1.82) is 5.26 Å². The monoisotopic (exact) mass is 309 g/mol. The summed E-state index contributed by atoms with van der Waals surface area (Å²) in [5, 5.41) is 20.5. The molecule has 1 saturated heterocycles.